The second-order valence-electron chi connectivity index (χ2n) is 5.89. The first kappa shape index (κ1) is 19.9. The molecule has 9 nitrogen and oxygen atoms in total. The molecular weight excluding hydrogens is 362 g/mol. The van der Waals surface area contributed by atoms with Crippen molar-refractivity contribution < 1.29 is 27.5 Å². The number of piperidine rings is 1. The third kappa shape index (κ3) is 4.79. The quantitative estimate of drug-likeness (QED) is 0.715. The molecule has 2 rings (SSSR count). The summed E-state index contributed by atoms with van der Waals surface area (Å²) >= 11 is 0. The average molecular weight is 383 g/mol. The van der Waals surface area contributed by atoms with Crippen molar-refractivity contribution in [1.82, 2.24) is 9.62 Å². The van der Waals surface area contributed by atoms with Gasteiger partial charge in [0.25, 0.3) is 5.91 Å². The predicted molar refractivity (Wildman–Crippen MR) is 91.7 cm³/mol. The molecule has 3 amide bonds. The van der Waals surface area contributed by atoms with Crippen LogP contribution in [-0.2, 0) is 19.6 Å². The number of esters is 1. The Labute approximate surface area is 151 Å². The van der Waals surface area contributed by atoms with E-state index in [0.29, 0.717) is 13.1 Å². The van der Waals surface area contributed by atoms with Crippen molar-refractivity contribution in [3.8, 4) is 0 Å². The number of hydrogen-bond acceptors (Lipinski definition) is 6. The first-order chi connectivity index (χ1) is 12.2. The predicted octanol–water partition coefficient (Wildman–Crippen LogP) is 0.601. The van der Waals surface area contributed by atoms with E-state index in [1.165, 1.54) is 35.5 Å². The van der Waals surface area contributed by atoms with E-state index in [0.717, 1.165) is 19.3 Å². The molecule has 1 aliphatic heterocycles. The van der Waals surface area contributed by atoms with Gasteiger partial charge in [-0.1, -0.05) is 6.42 Å². The second kappa shape index (κ2) is 8.28. The third-order valence-corrected chi connectivity index (χ3v) is 5.86. The van der Waals surface area contributed by atoms with Crippen molar-refractivity contribution in [1.29, 1.82) is 0 Å². The number of primary amides is 1. The van der Waals surface area contributed by atoms with Crippen molar-refractivity contribution in [3.63, 3.8) is 0 Å². The lowest BCUT2D eigenvalue weighted by Crippen LogP contribution is -2.42. The Morgan fingerprint density at radius 2 is 1.69 bits per heavy atom. The molecule has 0 saturated carbocycles. The summed E-state index contributed by atoms with van der Waals surface area (Å²) in [5.41, 5.74) is 4.90. The van der Waals surface area contributed by atoms with Gasteiger partial charge >= 0.3 is 12.0 Å². The molecule has 0 aliphatic carbocycles. The highest BCUT2D eigenvalue weighted by Gasteiger charge is 2.26. The molecule has 26 heavy (non-hydrogen) atoms. The number of hydrogen-bond donors (Lipinski definition) is 2. The smallest absolute Gasteiger partial charge is 0.338 e. The van der Waals surface area contributed by atoms with Crippen LogP contribution in [0.25, 0.3) is 0 Å². The monoisotopic (exact) mass is 383 g/mol. The maximum Gasteiger partial charge on any atom is 0.338 e. The van der Waals surface area contributed by atoms with Crippen LogP contribution >= 0.6 is 0 Å². The summed E-state index contributed by atoms with van der Waals surface area (Å²) in [5, 5.41) is 1.80. The molecule has 0 spiro atoms. The molecule has 142 valence electrons. The van der Waals surface area contributed by atoms with Crippen molar-refractivity contribution in [3.05, 3.63) is 29.8 Å². The molecule has 1 aromatic carbocycles. The molecule has 1 fully saturated rings. The molecule has 0 bridgehead atoms. The second-order valence-corrected chi connectivity index (χ2v) is 7.83. The van der Waals surface area contributed by atoms with Gasteiger partial charge in [0, 0.05) is 13.1 Å². The zero-order valence-electron chi connectivity index (χ0n) is 14.3. The summed E-state index contributed by atoms with van der Waals surface area (Å²) in [6, 6.07) is 4.24. The van der Waals surface area contributed by atoms with Crippen LogP contribution < -0.4 is 11.1 Å². The molecule has 1 atom stereocenters. The van der Waals surface area contributed by atoms with E-state index in [9.17, 15) is 22.8 Å². The maximum atomic E-state index is 12.6. The average Bonchev–Trinajstić information content (AvgIpc) is 2.62. The normalized spacial score (nSPS) is 16.5. The fourth-order valence-electron chi connectivity index (χ4n) is 2.52. The van der Waals surface area contributed by atoms with Crippen LogP contribution in [0, 0.1) is 0 Å². The zero-order chi connectivity index (χ0) is 19.3. The van der Waals surface area contributed by atoms with Crippen molar-refractivity contribution in [2.45, 2.75) is 37.2 Å². The number of imide groups is 1. The molecule has 1 aromatic rings. The number of nitrogens with zero attached hydrogens (tertiary/aromatic N) is 1. The van der Waals surface area contributed by atoms with Gasteiger partial charge in [-0.2, -0.15) is 4.31 Å². The van der Waals surface area contributed by atoms with E-state index >= 15 is 0 Å². The van der Waals surface area contributed by atoms with Crippen LogP contribution in [0.3, 0.4) is 0 Å². The van der Waals surface area contributed by atoms with Crippen molar-refractivity contribution in [2.75, 3.05) is 13.1 Å². The minimum absolute atomic E-state index is 0.0846. The van der Waals surface area contributed by atoms with E-state index in [-0.39, 0.29) is 10.5 Å². The Morgan fingerprint density at radius 3 is 2.23 bits per heavy atom. The summed E-state index contributed by atoms with van der Waals surface area (Å²) in [7, 11) is -3.59. The highest BCUT2D eigenvalue weighted by Crippen LogP contribution is 2.21. The zero-order valence-corrected chi connectivity index (χ0v) is 15.1. The topological polar surface area (TPSA) is 136 Å². The van der Waals surface area contributed by atoms with Gasteiger partial charge in [-0.15, -0.1) is 0 Å². The lowest BCUT2D eigenvalue weighted by Gasteiger charge is -2.25. The minimum atomic E-state index is -3.59. The van der Waals surface area contributed by atoms with E-state index in [4.69, 9.17) is 10.5 Å². The number of benzene rings is 1. The van der Waals surface area contributed by atoms with Crippen LogP contribution in [-0.4, -0.2) is 49.8 Å². The summed E-state index contributed by atoms with van der Waals surface area (Å²) < 4.78 is 31.5. The molecule has 3 N–H and O–H groups in total. The van der Waals surface area contributed by atoms with Gasteiger partial charge in [-0.3, -0.25) is 10.1 Å². The number of ether oxygens (including phenoxy) is 1. The van der Waals surface area contributed by atoms with E-state index in [1.807, 2.05) is 0 Å². The van der Waals surface area contributed by atoms with Crippen LogP contribution in [0.15, 0.2) is 29.2 Å². The lowest BCUT2D eigenvalue weighted by atomic mass is 10.2. The van der Waals surface area contributed by atoms with Gasteiger partial charge < -0.3 is 10.5 Å². The van der Waals surface area contributed by atoms with E-state index in [2.05, 4.69) is 0 Å². The first-order valence-corrected chi connectivity index (χ1v) is 9.57. The lowest BCUT2D eigenvalue weighted by molar-refractivity contribution is -0.127. The molecular formula is C16H21N3O6S. The van der Waals surface area contributed by atoms with E-state index in [1.54, 1.807) is 5.32 Å². The largest absolute Gasteiger partial charge is 0.449 e. The van der Waals surface area contributed by atoms with Crippen LogP contribution in [0.5, 0.6) is 0 Å². The van der Waals surface area contributed by atoms with Gasteiger partial charge in [-0.25, -0.2) is 18.0 Å². The Balaban J connectivity index is 2.05. The highest BCUT2D eigenvalue weighted by molar-refractivity contribution is 7.89. The number of carbonyl (C=O) groups excluding carboxylic acids is 3. The summed E-state index contributed by atoms with van der Waals surface area (Å²) in [6.45, 7) is 2.25. The van der Waals surface area contributed by atoms with Gasteiger partial charge in [0.15, 0.2) is 6.10 Å². The molecule has 10 heteroatoms. The molecule has 1 aliphatic rings. The fraction of sp³-hybridized carbons (Fsp3) is 0.438. The molecule has 1 heterocycles. The van der Waals surface area contributed by atoms with Gasteiger partial charge in [0.05, 0.1) is 10.5 Å². The Bertz CT molecular complexity index is 785. The number of rotatable bonds is 5. The molecule has 0 radical (unpaired) electrons. The number of nitrogens with two attached hydrogens (primary N) is 1. The van der Waals surface area contributed by atoms with Gasteiger partial charge in [-0.05, 0) is 44.0 Å². The van der Waals surface area contributed by atoms with Crippen LogP contribution in [0.4, 0.5) is 4.79 Å². The summed E-state index contributed by atoms with van der Waals surface area (Å²) in [5.74, 6) is -1.67. The van der Waals surface area contributed by atoms with Crippen LogP contribution in [0.2, 0.25) is 0 Å². The van der Waals surface area contributed by atoms with Gasteiger partial charge in [0.1, 0.15) is 0 Å². The van der Waals surface area contributed by atoms with Crippen molar-refractivity contribution in [2.24, 2.45) is 5.73 Å². The van der Waals surface area contributed by atoms with Crippen molar-refractivity contribution >= 4 is 27.9 Å². The molecule has 0 unspecified atom stereocenters. The number of carbonyl (C=O) groups is 3. The Kier molecular flexibility index (Phi) is 6.32. The standard InChI is InChI=1S/C16H21N3O6S/c1-11(14(20)18-16(17)22)25-15(21)12-5-7-13(8-6-12)26(23,24)19-9-3-2-4-10-19/h5-8,11H,2-4,9-10H2,1H3,(H3,17,18,20,22)/t11-/m0/s1. The number of amides is 3. The number of sulfonamides is 1. The SMILES string of the molecule is C[C@H](OC(=O)c1ccc(S(=O)(=O)N2CCCCC2)cc1)C(=O)NC(N)=O. The van der Waals surface area contributed by atoms with Gasteiger partial charge in [0.2, 0.25) is 10.0 Å². The molecule has 1 saturated heterocycles. The highest BCUT2D eigenvalue weighted by atomic mass is 32.2. The van der Waals surface area contributed by atoms with E-state index < -0.39 is 34.0 Å². The molecule has 0 aromatic heterocycles. The minimum Gasteiger partial charge on any atom is -0.449 e. The van der Waals surface area contributed by atoms with Crippen LogP contribution in [0.1, 0.15) is 36.5 Å². The maximum absolute atomic E-state index is 12.6. The Morgan fingerprint density at radius 1 is 1.12 bits per heavy atom. The first-order valence-electron chi connectivity index (χ1n) is 8.13. The summed E-state index contributed by atoms with van der Waals surface area (Å²) in [4.78, 5) is 34.3. The summed E-state index contributed by atoms with van der Waals surface area (Å²) in [6.07, 6.45) is 1.44. The number of urea groups is 1. The Hall–Kier alpha value is -2.46. The third-order valence-electron chi connectivity index (χ3n) is 3.94. The number of nitrogens with one attached hydrogen (secondary N) is 1. The fourth-order valence-corrected chi connectivity index (χ4v) is 4.04.